The van der Waals surface area contributed by atoms with Gasteiger partial charge in [0.2, 0.25) is 0 Å². The van der Waals surface area contributed by atoms with Crippen molar-refractivity contribution >= 4 is 23.3 Å². The molecule has 0 spiro atoms. The quantitative estimate of drug-likeness (QED) is 0.640. The van der Waals surface area contributed by atoms with Crippen molar-refractivity contribution < 1.29 is 9.18 Å². The Hall–Kier alpha value is -2.72. The molecule has 0 saturated heterocycles. The Kier molecular flexibility index (Phi) is 4.43. The van der Waals surface area contributed by atoms with E-state index >= 15 is 0 Å². The van der Waals surface area contributed by atoms with Crippen LogP contribution in [0.4, 0.5) is 10.2 Å². The van der Waals surface area contributed by atoms with Gasteiger partial charge >= 0.3 is 0 Å². The number of halogens is 2. The zero-order valence-electron chi connectivity index (χ0n) is 13.8. The lowest BCUT2D eigenvalue weighted by Gasteiger charge is -2.22. The summed E-state index contributed by atoms with van der Waals surface area (Å²) in [6.45, 7) is 0. The number of hydrogen-bond acceptors (Lipinski definition) is 2. The number of hydrogen-bond donors (Lipinski definition) is 0. The maximum Gasteiger partial charge on any atom is 0.259 e. The van der Waals surface area contributed by atoms with E-state index in [0.717, 1.165) is 12.8 Å². The highest BCUT2D eigenvalue weighted by molar-refractivity contribution is 6.33. The third-order valence-corrected chi connectivity index (χ3v) is 4.67. The van der Waals surface area contributed by atoms with Crippen LogP contribution in [0, 0.1) is 11.9 Å². The standard InChI is InChI=1S/C21H15ClFN2O/c22-18-11-8-14(13-17(18)16-5-1-2-6-19(16)23)21(26)25(15-9-10-15)20-7-3-4-12-24-20/h1,3-8,11-13,15H,9-10H2. The van der Waals surface area contributed by atoms with E-state index in [1.54, 1.807) is 41.4 Å². The fourth-order valence-electron chi connectivity index (χ4n) is 2.92. The summed E-state index contributed by atoms with van der Waals surface area (Å²) in [6, 6.07) is 17.7. The number of nitrogens with zero attached hydrogens (tertiary/aromatic N) is 2. The van der Waals surface area contributed by atoms with Crippen molar-refractivity contribution in [2.45, 2.75) is 18.9 Å². The Morgan fingerprint density at radius 2 is 2.04 bits per heavy atom. The average molecular weight is 366 g/mol. The lowest BCUT2D eigenvalue weighted by molar-refractivity contribution is 0.0984. The van der Waals surface area contributed by atoms with Gasteiger partial charge in [0.1, 0.15) is 11.6 Å². The highest BCUT2D eigenvalue weighted by Crippen LogP contribution is 2.34. The van der Waals surface area contributed by atoms with E-state index < -0.39 is 5.82 Å². The summed E-state index contributed by atoms with van der Waals surface area (Å²) in [4.78, 5) is 19.2. The van der Waals surface area contributed by atoms with Crippen LogP contribution in [0.25, 0.3) is 11.1 Å². The second-order valence-electron chi connectivity index (χ2n) is 6.19. The minimum absolute atomic E-state index is 0.152. The van der Waals surface area contributed by atoms with Crippen molar-refractivity contribution in [3.8, 4) is 11.1 Å². The number of rotatable bonds is 4. The lowest BCUT2D eigenvalue weighted by atomic mass is 10.0. The molecule has 0 N–H and O–H groups in total. The summed E-state index contributed by atoms with van der Waals surface area (Å²) in [5, 5.41) is 0.391. The van der Waals surface area contributed by atoms with Crippen LogP contribution in [0.1, 0.15) is 23.2 Å². The van der Waals surface area contributed by atoms with Crippen LogP contribution >= 0.6 is 11.6 Å². The van der Waals surface area contributed by atoms with Crippen molar-refractivity contribution in [1.29, 1.82) is 0 Å². The van der Waals surface area contributed by atoms with E-state index in [-0.39, 0.29) is 11.9 Å². The molecule has 0 atom stereocenters. The Morgan fingerprint density at radius 3 is 2.73 bits per heavy atom. The molecule has 0 bridgehead atoms. The van der Waals surface area contributed by atoms with Crippen LogP contribution in [0.15, 0.2) is 60.8 Å². The van der Waals surface area contributed by atoms with Gasteiger partial charge in [-0.15, -0.1) is 0 Å². The third-order valence-electron chi connectivity index (χ3n) is 4.34. The van der Waals surface area contributed by atoms with Gasteiger partial charge in [-0.3, -0.25) is 9.69 Å². The highest BCUT2D eigenvalue weighted by Gasteiger charge is 2.35. The largest absolute Gasteiger partial charge is 0.290 e. The summed E-state index contributed by atoms with van der Waals surface area (Å²) in [6.07, 6.45) is 3.57. The van der Waals surface area contributed by atoms with Crippen LogP contribution in [0.3, 0.4) is 0 Å². The molecule has 1 heterocycles. The Labute approximate surface area is 156 Å². The number of anilines is 1. The molecular weight excluding hydrogens is 351 g/mol. The van der Waals surface area contributed by atoms with Gasteiger partial charge in [-0.1, -0.05) is 29.8 Å². The lowest BCUT2D eigenvalue weighted by Crippen LogP contribution is -2.33. The number of carbonyl (C=O) groups is 1. The fourth-order valence-corrected chi connectivity index (χ4v) is 3.14. The molecule has 26 heavy (non-hydrogen) atoms. The smallest absolute Gasteiger partial charge is 0.259 e. The SMILES string of the molecule is O=C(c1ccc(Cl)c(-c2cc[c]cc2F)c1)N(c1ccccn1)C1CC1. The van der Waals surface area contributed by atoms with Crippen LogP contribution in [-0.2, 0) is 0 Å². The maximum absolute atomic E-state index is 14.2. The van der Waals surface area contributed by atoms with Gasteiger partial charge in [-0.05, 0) is 55.3 Å². The number of pyridine rings is 1. The summed E-state index contributed by atoms with van der Waals surface area (Å²) in [5.74, 6) is 0.0341. The normalized spacial score (nSPS) is 13.5. The molecule has 1 radical (unpaired) electrons. The van der Waals surface area contributed by atoms with Gasteiger partial charge in [0.25, 0.3) is 5.91 Å². The number of aromatic nitrogens is 1. The molecule has 0 aliphatic heterocycles. The monoisotopic (exact) mass is 365 g/mol. The number of carbonyl (C=O) groups excluding carboxylic acids is 1. The van der Waals surface area contributed by atoms with Gasteiger partial charge in [0.05, 0.1) is 0 Å². The van der Waals surface area contributed by atoms with E-state index in [2.05, 4.69) is 11.1 Å². The molecule has 1 amide bonds. The van der Waals surface area contributed by atoms with Gasteiger partial charge in [-0.25, -0.2) is 9.37 Å². The molecule has 1 saturated carbocycles. The molecule has 3 aromatic rings. The first-order valence-electron chi connectivity index (χ1n) is 8.35. The molecule has 4 rings (SSSR count). The zero-order valence-corrected chi connectivity index (χ0v) is 14.6. The first-order chi connectivity index (χ1) is 12.6. The average Bonchev–Trinajstić information content (AvgIpc) is 3.49. The molecule has 0 unspecified atom stereocenters. The summed E-state index contributed by atoms with van der Waals surface area (Å²) in [5.41, 5.74) is 1.29. The van der Waals surface area contributed by atoms with E-state index in [0.29, 0.717) is 27.5 Å². The highest BCUT2D eigenvalue weighted by atomic mass is 35.5. The third kappa shape index (κ3) is 3.20. The van der Waals surface area contributed by atoms with E-state index in [9.17, 15) is 9.18 Å². The molecule has 129 valence electrons. The second-order valence-corrected chi connectivity index (χ2v) is 6.60. The Bertz CT molecular complexity index is 957. The van der Waals surface area contributed by atoms with Gasteiger partial charge in [0.15, 0.2) is 0 Å². The van der Waals surface area contributed by atoms with E-state index in [1.165, 1.54) is 6.07 Å². The van der Waals surface area contributed by atoms with Gasteiger partial charge < -0.3 is 0 Å². The van der Waals surface area contributed by atoms with Crippen molar-refractivity contribution in [2.24, 2.45) is 0 Å². The minimum atomic E-state index is -0.428. The molecule has 3 nitrogen and oxygen atoms in total. The van der Waals surface area contributed by atoms with Crippen LogP contribution in [0.5, 0.6) is 0 Å². The predicted molar refractivity (Wildman–Crippen MR) is 99.8 cm³/mol. The fraction of sp³-hybridized carbons (Fsp3) is 0.143. The number of amides is 1. The van der Waals surface area contributed by atoms with Crippen molar-refractivity contribution in [2.75, 3.05) is 4.90 Å². The van der Waals surface area contributed by atoms with Crippen molar-refractivity contribution in [3.05, 3.63) is 83.3 Å². The topological polar surface area (TPSA) is 33.2 Å². The molecule has 2 aromatic carbocycles. The number of benzene rings is 2. The molecule has 1 aliphatic rings. The van der Waals surface area contributed by atoms with Crippen molar-refractivity contribution in [1.82, 2.24) is 4.98 Å². The predicted octanol–water partition coefficient (Wildman–Crippen LogP) is 5.15. The van der Waals surface area contributed by atoms with Crippen molar-refractivity contribution in [3.63, 3.8) is 0 Å². The van der Waals surface area contributed by atoms with Crippen LogP contribution in [-0.4, -0.2) is 16.9 Å². The Morgan fingerprint density at radius 1 is 1.19 bits per heavy atom. The molecule has 1 aliphatic carbocycles. The second kappa shape index (κ2) is 6.89. The van der Waals surface area contributed by atoms with E-state index in [1.807, 2.05) is 18.2 Å². The van der Waals surface area contributed by atoms with Crippen LogP contribution in [0.2, 0.25) is 5.02 Å². The zero-order chi connectivity index (χ0) is 18.1. The van der Waals surface area contributed by atoms with Crippen LogP contribution < -0.4 is 4.90 Å². The summed E-state index contributed by atoms with van der Waals surface area (Å²) in [7, 11) is 0. The summed E-state index contributed by atoms with van der Waals surface area (Å²) >= 11 is 6.26. The maximum atomic E-state index is 14.2. The Balaban J connectivity index is 1.75. The minimum Gasteiger partial charge on any atom is -0.290 e. The van der Waals surface area contributed by atoms with Gasteiger partial charge in [0, 0.05) is 34.0 Å². The first-order valence-corrected chi connectivity index (χ1v) is 8.73. The molecule has 1 fully saturated rings. The van der Waals surface area contributed by atoms with Gasteiger partial charge in [-0.2, -0.15) is 0 Å². The first kappa shape index (κ1) is 16.7. The molecule has 1 aromatic heterocycles. The van der Waals surface area contributed by atoms with E-state index in [4.69, 9.17) is 11.6 Å². The summed E-state index contributed by atoms with van der Waals surface area (Å²) < 4.78 is 14.2. The molecule has 5 heteroatoms. The molecular formula is C21H15ClFN2O.